The minimum absolute atomic E-state index is 0.00466. The molecule has 45 heavy (non-hydrogen) atoms. The minimum atomic E-state index is -1.21. The van der Waals surface area contributed by atoms with Crippen LogP contribution in [-0.4, -0.2) is 80.2 Å². The number of carbonyl (C=O) groups excluding carboxylic acids is 1. The second kappa shape index (κ2) is 15.2. The van der Waals surface area contributed by atoms with E-state index in [-0.39, 0.29) is 17.6 Å². The van der Waals surface area contributed by atoms with Gasteiger partial charge in [-0.3, -0.25) is 9.36 Å². The molecule has 2 aromatic heterocycles. The third-order valence-electron chi connectivity index (χ3n) is 8.26. The van der Waals surface area contributed by atoms with E-state index in [2.05, 4.69) is 25.6 Å². The van der Waals surface area contributed by atoms with Gasteiger partial charge in [-0.1, -0.05) is 42.5 Å². The van der Waals surface area contributed by atoms with Crippen molar-refractivity contribution in [2.24, 2.45) is 11.7 Å². The monoisotopic (exact) mass is 618 g/mol. The summed E-state index contributed by atoms with van der Waals surface area (Å²) in [5.41, 5.74) is 15.3. The number of anilines is 1. The van der Waals surface area contributed by atoms with E-state index in [9.17, 15) is 15.0 Å². The number of hydrogen-bond acceptors (Lipinski definition) is 11. The van der Waals surface area contributed by atoms with E-state index in [0.29, 0.717) is 56.5 Å². The van der Waals surface area contributed by atoms with E-state index in [4.69, 9.17) is 20.9 Å². The van der Waals surface area contributed by atoms with Gasteiger partial charge >= 0.3 is 0 Å². The molecule has 3 heterocycles. The number of aliphatic hydroxyl groups is 2. The summed E-state index contributed by atoms with van der Waals surface area (Å²) in [6.45, 7) is 1.74. The van der Waals surface area contributed by atoms with Crippen LogP contribution in [0.1, 0.15) is 36.6 Å². The maximum atomic E-state index is 12.8. The first-order chi connectivity index (χ1) is 21.8. The summed E-state index contributed by atoms with van der Waals surface area (Å²) < 4.78 is 13.0. The number of aliphatic hydroxyl groups excluding tert-OH is 2. The lowest BCUT2D eigenvalue weighted by Crippen LogP contribution is -2.42. The number of nitrogen functional groups attached to an aromatic ring is 1. The predicted molar refractivity (Wildman–Crippen MR) is 169 cm³/mol. The van der Waals surface area contributed by atoms with Crippen molar-refractivity contribution < 1.29 is 24.5 Å². The van der Waals surface area contributed by atoms with Crippen molar-refractivity contribution in [3.63, 3.8) is 0 Å². The van der Waals surface area contributed by atoms with E-state index in [1.807, 2.05) is 54.6 Å². The number of benzene rings is 2. The second-order valence-electron chi connectivity index (χ2n) is 11.4. The molecule has 2 aromatic carbocycles. The van der Waals surface area contributed by atoms with Crippen molar-refractivity contribution >= 4 is 22.9 Å². The third-order valence-corrected chi connectivity index (χ3v) is 8.26. The molecule has 5 rings (SSSR count). The summed E-state index contributed by atoms with van der Waals surface area (Å²) in [6.07, 6.45) is 1.05. The number of fused-ring (bicyclic) bond motifs is 1. The quantitative estimate of drug-likeness (QED) is 0.112. The highest BCUT2D eigenvalue weighted by atomic mass is 16.6. The molecule has 6 atom stereocenters. The van der Waals surface area contributed by atoms with Gasteiger partial charge in [-0.25, -0.2) is 15.0 Å². The number of carbonyl (C=O) groups is 1. The summed E-state index contributed by atoms with van der Waals surface area (Å²) in [5.74, 6) is 0.789. The normalized spacial score (nSPS) is 21.1. The zero-order valence-corrected chi connectivity index (χ0v) is 25.3. The van der Waals surface area contributed by atoms with Crippen molar-refractivity contribution in [2.45, 2.75) is 62.8 Å². The number of ether oxygens (including phenoxy) is 2. The third kappa shape index (κ3) is 8.12. The molecule has 0 unspecified atom stereocenters. The van der Waals surface area contributed by atoms with Crippen LogP contribution in [0.3, 0.4) is 0 Å². The van der Waals surface area contributed by atoms with Crippen molar-refractivity contribution in [1.29, 1.82) is 0 Å². The topological polar surface area (TPSA) is 196 Å². The zero-order chi connectivity index (χ0) is 31.8. The number of rotatable bonds is 15. The van der Waals surface area contributed by atoms with Gasteiger partial charge in [0.05, 0.1) is 25.6 Å². The minimum Gasteiger partial charge on any atom is -0.497 e. The van der Waals surface area contributed by atoms with Gasteiger partial charge < -0.3 is 41.8 Å². The SMILES string of the molecule is COc1ccc(CCNC(=O)[C@@H](N)CC[C@H](CNCc2ccccc2)C[C@H]2O[C@@H](n3cnc4c(N)ncnc43)[C@H](O)[C@@H]2O)cc1. The van der Waals surface area contributed by atoms with Gasteiger partial charge in [0.1, 0.15) is 29.8 Å². The number of hydrogen-bond donors (Lipinski definition) is 6. The number of amides is 1. The molecule has 4 aromatic rings. The Balaban J connectivity index is 1.18. The van der Waals surface area contributed by atoms with E-state index < -0.39 is 30.6 Å². The molecule has 13 heteroatoms. The number of methoxy groups -OCH3 is 1. The van der Waals surface area contributed by atoms with E-state index in [1.54, 1.807) is 11.7 Å². The van der Waals surface area contributed by atoms with Crippen LogP contribution in [0.5, 0.6) is 5.75 Å². The average Bonchev–Trinajstić information content (AvgIpc) is 3.61. The smallest absolute Gasteiger partial charge is 0.236 e. The zero-order valence-electron chi connectivity index (χ0n) is 25.3. The number of nitrogens with two attached hydrogens (primary N) is 2. The van der Waals surface area contributed by atoms with Crippen molar-refractivity contribution in [2.75, 3.05) is 25.9 Å². The van der Waals surface area contributed by atoms with Gasteiger partial charge in [-0.05, 0) is 61.4 Å². The molecule has 1 amide bonds. The fraction of sp³-hybridized carbons (Fsp3) is 0.438. The van der Waals surface area contributed by atoms with E-state index in [0.717, 1.165) is 16.9 Å². The van der Waals surface area contributed by atoms with Crippen LogP contribution < -0.4 is 26.8 Å². The highest BCUT2D eigenvalue weighted by molar-refractivity contribution is 5.81. The van der Waals surface area contributed by atoms with Crippen LogP contribution in [0.25, 0.3) is 11.2 Å². The molecule has 8 N–H and O–H groups in total. The van der Waals surface area contributed by atoms with Gasteiger partial charge in [-0.2, -0.15) is 0 Å². The Morgan fingerprint density at radius 3 is 2.58 bits per heavy atom. The molecule has 1 fully saturated rings. The lowest BCUT2D eigenvalue weighted by Gasteiger charge is -2.24. The Bertz CT molecular complexity index is 1520. The molecule has 0 bridgehead atoms. The van der Waals surface area contributed by atoms with Crippen molar-refractivity contribution in [3.05, 3.63) is 78.4 Å². The van der Waals surface area contributed by atoms with Crippen LogP contribution in [0.4, 0.5) is 5.82 Å². The molecular formula is C32H42N8O5. The average molecular weight is 619 g/mol. The second-order valence-corrected chi connectivity index (χ2v) is 11.4. The van der Waals surface area contributed by atoms with Gasteiger partial charge in [-0.15, -0.1) is 0 Å². The van der Waals surface area contributed by atoms with Crippen molar-refractivity contribution in [1.82, 2.24) is 30.2 Å². The molecular weight excluding hydrogens is 576 g/mol. The first-order valence-corrected chi connectivity index (χ1v) is 15.2. The van der Waals surface area contributed by atoms with Gasteiger partial charge in [0.2, 0.25) is 5.91 Å². The molecule has 1 aliphatic heterocycles. The number of aromatic nitrogens is 4. The van der Waals surface area contributed by atoms with Crippen LogP contribution in [0.2, 0.25) is 0 Å². The lowest BCUT2D eigenvalue weighted by atomic mass is 9.91. The van der Waals surface area contributed by atoms with E-state index in [1.165, 1.54) is 12.7 Å². The summed E-state index contributed by atoms with van der Waals surface area (Å²) >= 11 is 0. The molecule has 0 spiro atoms. The summed E-state index contributed by atoms with van der Waals surface area (Å²) in [7, 11) is 1.62. The maximum Gasteiger partial charge on any atom is 0.236 e. The first kappa shape index (κ1) is 32.3. The van der Waals surface area contributed by atoms with E-state index >= 15 is 0 Å². The molecule has 0 aliphatic carbocycles. The lowest BCUT2D eigenvalue weighted by molar-refractivity contribution is -0.122. The number of imidazole rings is 1. The van der Waals surface area contributed by atoms with Gasteiger partial charge in [0.25, 0.3) is 0 Å². The van der Waals surface area contributed by atoms with Gasteiger partial charge in [0.15, 0.2) is 17.7 Å². The number of nitrogens with zero attached hydrogens (tertiary/aromatic N) is 4. The molecule has 1 aliphatic rings. The Morgan fingerprint density at radius 1 is 1.04 bits per heavy atom. The van der Waals surface area contributed by atoms with Crippen LogP contribution >= 0.6 is 0 Å². The Labute approximate surface area is 262 Å². The van der Waals surface area contributed by atoms with Crippen molar-refractivity contribution in [3.8, 4) is 5.75 Å². The predicted octanol–water partition coefficient (Wildman–Crippen LogP) is 1.30. The highest BCUT2D eigenvalue weighted by Crippen LogP contribution is 2.35. The summed E-state index contributed by atoms with van der Waals surface area (Å²) in [6, 6.07) is 17.1. The first-order valence-electron chi connectivity index (χ1n) is 15.2. The summed E-state index contributed by atoms with van der Waals surface area (Å²) in [5, 5.41) is 28.4. The fourth-order valence-electron chi connectivity index (χ4n) is 5.66. The largest absolute Gasteiger partial charge is 0.497 e. The van der Waals surface area contributed by atoms with Gasteiger partial charge in [0, 0.05) is 13.1 Å². The fourth-order valence-corrected chi connectivity index (χ4v) is 5.66. The molecule has 0 radical (unpaired) electrons. The number of nitrogens with one attached hydrogen (secondary N) is 2. The Hall–Kier alpha value is -4.14. The standard InChI is InChI=1S/C32H42N8O5/c1-44-23-10-7-20(8-11-23)13-14-36-31(43)24(33)12-9-22(17-35-16-21-5-3-2-4-6-21)15-25-27(41)28(42)32(45-25)40-19-39-26-29(34)37-18-38-30(26)40/h2-8,10-11,18-19,22,24-25,27-28,32,35,41-42H,9,12-17,33H2,1H3,(H,36,43)(H2,34,37,38)/t22-,24-,25+,27+,28+,32+/m0/s1. The Morgan fingerprint density at radius 2 is 1.82 bits per heavy atom. The molecule has 0 saturated carbocycles. The Kier molecular flexibility index (Phi) is 10.9. The molecule has 1 saturated heterocycles. The van der Waals surface area contributed by atoms with Crippen LogP contribution in [-0.2, 0) is 22.5 Å². The van der Waals surface area contributed by atoms with Crippen LogP contribution in [0.15, 0.2) is 67.3 Å². The van der Waals surface area contributed by atoms with Crippen LogP contribution in [0, 0.1) is 5.92 Å². The molecule has 13 nitrogen and oxygen atoms in total. The highest BCUT2D eigenvalue weighted by Gasteiger charge is 2.45. The maximum absolute atomic E-state index is 12.8. The summed E-state index contributed by atoms with van der Waals surface area (Å²) in [4.78, 5) is 25.3. The molecule has 240 valence electrons.